The van der Waals surface area contributed by atoms with Gasteiger partial charge in [0.05, 0.1) is 30.5 Å². The third kappa shape index (κ3) is 9.48. The zero-order valence-corrected chi connectivity index (χ0v) is 15.7. The first-order chi connectivity index (χ1) is 12.4. The van der Waals surface area contributed by atoms with Crippen LogP contribution in [0.4, 0.5) is 0 Å². The molecule has 1 aliphatic rings. The Balaban J connectivity index is 2.31. The van der Waals surface area contributed by atoms with Gasteiger partial charge in [-0.3, -0.25) is 4.79 Å². The average molecular weight is 370 g/mol. The van der Waals surface area contributed by atoms with Gasteiger partial charge in [-0.15, -0.1) is 0 Å². The number of unbranched alkanes of at least 4 members (excludes halogenated alkanes) is 3. The van der Waals surface area contributed by atoms with E-state index >= 15 is 0 Å². The summed E-state index contributed by atoms with van der Waals surface area (Å²) in [6, 6.07) is 0. The Hall–Kier alpha value is -1.21. The van der Waals surface area contributed by atoms with Crippen molar-refractivity contribution in [1.82, 2.24) is 0 Å². The Kier molecular flexibility index (Phi) is 11.4. The molecule has 0 amide bonds. The SMILES string of the molecule is CCCCC/C=C\C[C@H]1O[C@@H]([C@H](O)/C=C/[C@H](O)CCCC(=O)O)C[C@@H]1O. The zero-order valence-electron chi connectivity index (χ0n) is 15.7. The highest BCUT2D eigenvalue weighted by atomic mass is 16.5. The van der Waals surface area contributed by atoms with E-state index in [0.717, 1.165) is 6.42 Å². The highest BCUT2D eigenvalue weighted by molar-refractivity contribution is 5.66. The summed E-state index contributed by atoms with van der Waals surface area (Å²) in [6.45, 7) is 2.17. The molecule has 0 aliphatic carbocycles. The number of rotatable bonds is 13. The van der Waals surface area contributed by atoms with E-state index in [-0.39, 0.29) is 12.5 Å². The molecule has 0 spiro atoms. The molecule has 0 unspecified atom stereocenters. The number of aliphatic carboxylic acids is 1. The molecule has 0 aromatic heterocycles. The lowest BCUT2D eigenvalue weighted by Crippen LogP contribution is -2.24. The Labute approximate surface area is 156 Å². The monoisotopic (exact) mass is 370 g/mol. The average Bonchev–Trinajstić information content (AvgIpc) is 2.96. The third-order valence-corrected chi connectivity index (χ3v) is 4.56. The summed E-state index contributed by atoms with van der Waals surface area (Å²) < 4.78 is 5.75. The van der Waals surface area contributed by atoms with Gasteiger partial charge in [0.1, 0.15) is 0 Å². The summed E-state index contributed by atoms with van der Waals surface area (Å²) in [5, 5.41) is 38.6. The van der Waals surface area contributed by atoms with Crippen LogP contribution in [0, 0.1) is 0 Å². The van der Waals surface area contributed by atoms with Crippen molar-refractivity contribution in [2.24, 2.45) is 0 Å². The van der Waals surface area contributed by atoms with Gasteiger partial charge in [0, 0.05) is 12.8 Å². The molecule has 0 bridgehead atoms. The van der Waals surface area contributed by atoms with E-state index in [1.807, 2.05) is 6.08 Å². The maximum absolute atomic E-state index is 10.4. The molecule has 0 aromatic carbocycles. The Morgan fingerprint density at radius 3 is 2.65 bits per heavy atom. The fourth-order valence-electron chi connectivity index (χ4n) is 2.98. The molecule has 1 fully saturated rings. The minimum absolute atomic E-state index is 0.0129. The van der Waals surface area contributed by atoms with E-state index in [1.54, 1.807) is 0 Å². The van der Waals surface area contributed by atoms with Crippen molar-refractivity contribution in [2.75, 3.05) is 0 Å². The Morgan fingerprint density at radius 1 is 1.19 bits per heavy atom. The van der Waals surface area contributed by atoms with Gasteiger partial charge in [-0.25, -0.2) is 0 Å². The predicted molar refractivity (Wildman–Crippen MR) is 99.8 cm³/mol. The first-order valence-electron chi connectivity index (χ1n) is 9.68. The summed E-state index contributed by atoms with van der Waals surface area (Å²) in [7, 11) is 0. The molecule has 0 saturated carbocycles. The maximum Gasteiger partial charge on any atom is 0.303 e. The van der Waals surface area contributed by atoms with Gasteiger partial charge < -0.3 is 25.2 Å². The van der Waals surface area contributed by atoms with Crippen molar-refractivity contribution in [3.05, 3.63) is 24.3 Å². The lowest BCUT2D eigenvalue weighted by atomic mass is 10.0. The minimum Gasteiger partial charge on any atom is -0.481 e. The van der Waals surface area contributed by atoms with E-state index in [2.05, 4.69) is 13.0 Å². The standard InChI is InChI=1S/C20H34O6/c1-2-3-4-5-6-7-10-18-17(23)14-19(26-18)16(22)13-12-15(21)9-8-11-20(24)25/h6-7,12-13,15-19,21-23H,2-5,8-11,14H2,1H3,(H,24,25)/b7-6-,13-12+/t15-,16-,17+,18-,19-/m1/s1. The van der Waals surface area contributed by atoms with Crippen molar-refractivity contribution < 1.29 is 30.0 Å². The van der Waals surface area contributed by atoms with E-state index in [4.69, 9.17) is 9.84 Å². The van der Waals surface area contributed by atoms with Crippen LogP contribution in [0.15, 0.2) is 24.3 Å². The summed E-state index contributed by atoms with van der Waals surface area (Å²) in [5.74, 6) is -0.889. The van der Waals surface area contributed by atoms with Crippen molar-refractivity contribution in [3.8, 4) is 0 Å². The lowest BCUT2D eigenvalue weighted by Gasteiger charge is -2.16. The number of ether oxygens (including phenoxy) is 1. The van der Waals surface area contributed by atoms with E-state index in [0.29, 0.717) is 25.7 Å². The predicted octanol–water partition coefficient (Wildman–Crippen LogP) is 2.56. The van der Waals surface area contributed by atoms with Crippen LogP contribution in [0.1, 0.15) is 64.7 Å². The van der Waals surface area contributed by atoms with Gasteiger partial charge in [0.25, 0.3) is 0 Å². The number of carboxylic acid groups (broad SMARTS) is 1. The van der Waals surface area contributed by atoms with E-state index < -0.39 is 30.4 Å². The molecule has 1 heterocycles. The number of carbonyl (C=O) groups is 1. The number of hydrogen-bond acceptors (Lipinski definition) is 5. The molecule has 6 heteroatoms. The third-order valence-electron chi connectivity index (χ3n) is 4.56. The molecule has 4 N–H and O–H groups in total. The van der Waals surface area contributed by atoms with Crippen LogP contribution < -0.4 is 0 Å². The molecular weight excluding hydrogens is 336 g/mol. The van der Waals surface area contributed by atoms with Crippen LogP contribution in [0.25, 0.3) is 0 Å². The fraction of sp³-hybridized carbons (Fsp3) is 0.750. The van der Waals surface area contributed by atoms with Crippen LogP contribution in [0.5, 0.6) is 0 Å². The first kappa shape index (κ1) is 22.8. The summed E-state index contributed by atoms with van der Waals surface area (Å²) in [5.41, 5.74) is 0. The molecular formula is C20H34O6. The molecule has 26 heavy (non-hydrogen) atoms. The van der Waals surface area contributed by atoms with Gasteiger partial charge >= 0.3 is 5.97 Å². The summed E-state index contributed by atoms with van der Waals surface area (Å²) in [6.07, 6.45) is 10.3. The Bertz CT molecular complexity index is 448. The van der Waals surface area contributed by atoms with Crippen LogP contribution in [-0.4, -0.2) is 56.9 Å². The highest BCUT2D eigenvalue weighted by Gasteiger charge is 2.36. The number of allylic oxidation sites excluding steroid dienone is 1. The summed E-state index contributed by atoms with van der Waals surface area (Å²) >= 11 is 0. The number of aliphatic hydroxyl groups excluding tert-OH is 3. The molecule has 1 saturated heterocycles. The van der Waals surface area contributed by atoms with Crippen molar-refractivity contribution in [1.29, 1.82) is 0 Å². The fourth-order valence-corrected chi connectivity index (χ4v) is 2.98. The van der Waals surface area contributed by atoms with E-state index in [9.17, 15) is 20.1 Å². The second-order valence-corrected chi connectivity index (χ2v) is 6.95. The second-order valence-electron chi connectivity index (χ2n) is 6.95. The number of aliphatic hydroxyl groups is 3. The number of carboxylic acids is 1. The largest absolute Gasteiger partial charge is 0.481 e. The molecule has 1 rings (SSSR count). The van der Waals surface area contributed by atoms with Crippen LogP contribution in [0.2, 0.25) is 0 Å². The first-order valence-corrected chi connectivity index (χ1v) is 9.68. The molecule has 6 nitrogen and oxygen atoms in total. The van der Waals surface area contributed by atoms with Crippen LogP contribution in [0.3, 0.4) is 0 Å². The molecule has 150 valence electrons. The van der Waals surface area contributed by atoms with Gasteiger partial charge in [-0.2, -0.15) is 0 Å². The van der Waals surface area contributed by atoms with Gasteiger partial charge in [0.2, 0.25) is 0 Å². The van der Waals surface area contributed by atoms with Gasteiger partial charge in [0.15, 0.2) is 0 Å². The maximum atomic E-state index is 10.4. The highest BCUT2D eigenvalue weighted by Crippen LogP contribution is 2.26. The van der Waals surface area contributed by atoms with Crippen LogP contribution >= 0.6 is 0 Å². The smallest absolute Gasteiger partial charge is 0.303 e. The lowest BCUT2D eigenvalue weighted by molar-refractivity contribution is -0.137. The van der Waals surface area contributed by atoms with Crippen molar-refractivity contribution in [2.45, 2.75) is 95.2 Å². The zero-order chi connectivity index (χ0) is 19.4. The second kappa shape index (κ2) is 13.0. The normalized spacial score (nSPS) is 25.9. The van der Waals surface area contributed by atoms with Crippen molar-refractivity contribution >= 4 is 5.97 Å². The molecule has 1 aliphatic heterocycles. The topological polar surface area (TPSA) is 107 Å². The Morgan fingerprint density at radius 2 is 1.96 bits per heavy atom. The molecule has 0 aromatic rings. The minimum atomic E-state index is -0.905. The van der Waals surface area contributed by atoms with E-state index in [1.165, 1.54) is 31.4 Å². The van der Waals surface area contributed by atoms with Gasteiger partial charge in [-0.1, -0.05) is 44.1 Å². The van der Waals surface area contributed by atoms with Crippen molar-refractivity contribution in [3.63, 3.8) is 0 Å². The molecule has 0 radical (unpaired) electrons. The van der Waals surface area contributed by atoms with Gasteiger partial charge in [-0.05, 0) is 32.1 Å². The summed E-state index contributed by atoms with van der Waals surface area (Å²) in [4.78, 5) is 10.4. The molecule has 5 atom stereocenters. The van der Waals surface area contributed by atoms with Crippen LogP contribution in [-0.2, 0) is 9.53 Å². The number of hydrogen-bond donors (Lipinski definition) is 4. The quantitative estimate of drug-likeness (QED) is 0.293.